The lowest BCUT2D eigenvalue weighted by atomic mass is 10.1. The van der Waals surface area contributed by atoms with Crippen LogP contribution in [0.1, 0.15) is 12.5 Å². The number of aromatic amines is 1. The summed E-state index contributed by atoms with van der Waals surface area (Å²) in [5, 5.41) is 22.8. The number of nitrogen functional groups attached to an aromatic ring is 2. The second-order valence-electron chi connectivity index (χ2n) is 10.4. The third-order valence-corrected chi connectivity index (χ3v) is 9.63. The van der Waals surface area contributed by atoms with Crippen molar-refractivity contribution in [3.63, 3.8) is 0 Å². The average molecular weight is 661 g/mol. The molecule has 0 aliphatic carbocycles. The summed E-state index contributed by atoms with van der Waals surface area (Å²) in [6.45, 7) is -1.28. The number of anilines is 2. The predicted octanol–water partition coefficient (Wildman–Crippen LogP) is -1.38. The highest BCUT2D eigenvalue weighted by molar-refractivity contribution is 7.79. The van der Waals surface area contributed by atoms with Crippen LogP contribution in [-0.4, -0.2) is 109 Å². The third-order valence-electron chi connectivity index (χ3n) is 7.54. The van der Waals surface area contributed by atoms with Crippen molar-refractivity contribution in [2.75, 3.05) is 24.7 Å². The number of fused-ring (bicyclic) bond motifs is 5. The molecule has 4 aromatic heterocycles. The van der Waals surface area contributed by atoms with Gasteiger partial charge in [-0.1, -0.05) is 0 Å². The first kappa shape index (κ1) is 30.5. The van der Waals surface area contributed by atoms with E-state index >= 15 is 0 Å². The number of aliphatic hydroxyl groups is 2. The fourth-order valence-corrected chi connectivity index (χ4v) is 7.49. The molecule has 3 aliphatic rings. The second-order valence-corrected chi connectivity index (χ2v) is 13.5. The van der Waals surface area contributed by atoms with Crippen molar-refractivity contribution in [2.24, 2.45) is 0 Å². The van der Waals surface area contributed by atoms with Crippen LogP contribution in [0, 0.1) is 0 Å². The molecule has 0 spiro atoms. The van der Waals surface area contributed by atoms with Crippen LogP contribution in [0.15, 0.2) is 29.7 Å². The van der Waals surface area contributed by atoms with Gasteiger partial charge >= 0.3 is 0 Å². The number of nitrogens with one attached hydrogen (secondary N) is 1. The maximum Gasteiger partial charge on any atom is 0.280 e. The Balaban J connectivity index is 1.21. The maximum atomic E-state index is 13.4. The molecular weight excluding hydrogens is 638 g/mol. The number of ether oxygens (including phenoxy) is 2. The summed E-state index contributed by atoms with van der Waals surface area (Å²) in [6, 6.07) is 1.60. The Morgan fingerprint density at radius 2 is 1.60 bits per heavy atom. The maximum absolute atomic E-state index is 13.4. The number of nitrogens with two attached hydrogens (primary N) is 2. The molecule has 0 saturated carbocycles. The second kappa shape index (κ2) is 11.0. The lowest BCUT2D eigenvalue weighted by Crippen LogP contribution is -2.36. The van der Waals surface area contributed by atoms with Crippen LogP contribution < -0.4 is 17.0 Å². The normalized spacial score (nSPS) is 37.7. The van der Waals surface area contributed by atoms with E-state index in [0.717, 1.165) is 6.33 Å². The van der Waals surface area contributed by atoms with Crippen molar-refractivity contribution >= 4 is 64.0 Å². The molecular formula is C21H23B2N9O11P2-2. The molecule has 4 aromatic rings. The molecule has 0 amide bonds. The van der Waals surface area contributed by atoms with Crippen LogP contribution in [-0.2, 0) is 36.7 Å². The van der Waals surface area contributed by atoms with Crippen molar-refractivity contribution in [1.29, 1.82) is 0 Å². The van der Waals surface area contributed by atoms with Gasteiger partial charge in [-0.3, -0.25) is 14.3 Å². The number of rotatable bonds is 2. The van der Waals surface area contributed by atoms with Crippen molar-refractivity contribution < 1.29 is 46.9 Å². The highest BCUT2D eigenvalue weighted by Crippen LogP contribution is 2.53. The summed E-state index contributed by atoms with van der Waals surface area (Å²) in [6.07, 6.45) is -7.45. The highest BCUT2D eigenvalue weighted by Gasteiger charge is 2.50. The number of hydrogen-bond donors (Lipinski definition) is 5. The quantitative estimate of drug-likeness (QED) is 0.122. The van der Waals surface area contributed by atoms with Gasteiger partial charge in [0.15, 0.2) is 23.6 Å². The largest absolute Gasteiger partial charge is 0.444 e. The van der Waals surface area contributed by atoms with E-state index in [1.165, 1.54) is 21.7 Å². The molecule has 236 valence electrons. The minimum atomic E-state index is -4.57. The molecule has 20 nitrogen and oxygen atoms in total. The molecule has 45 heavy (non-hydrogen) atoms. The van der Waals surface area contributed by atoms with Crippen molar-refractivity contribution in [3.8, 4) is 0 Å². The summed E-state index contributed by atoms with van der Waals surface area (Å²) in [7, 11) is 2.74. The van der Waals surface area contributed by atoms with Gasteiger partial charge in [-0.05, 0) is 6.07 Å². The van der Waals surface area contributed by atoms with Gasteiger partial charge in [0, 0.05) is 6.20 Å². The zero-order valence-corrected chi connectivity index (χ0v) is 24.6. The van der Waals surface area contributed by atoms with Gasteiger partial charge in [0.2, 0.25) is 5.95 Å². The fraction of sp³-hybridized carbons (Fsp3) is 0.476. The van der Waals surface area contributed by atoms with Crippen LogP contribution in [0.2, 0.25) is 0 Å². The summed E-state index contributed by atoms with van der Waals surface area (Å²) in [4.78, 5) is 30.8. The summed E-state index contributed by atoms with van der Waals surface area (Å²) in [5.41, 5.74) is 11.1. The van der Waals surface area contributed by atoms with E-state index in [2.05, 4.69) is 24.9 Å². The van der Waals surface area contributed by atoms with Crippen LogP contribution >= 0.6 is 14.9 Å². The first-order chi connectivity index (χ1) is 21.3. The smallest absolute Gasteiger partial charge is 0.280 e. The predicted molar refractivity (Wildman–Crippen MR) is 153 cm³/mol. The Morgan fingerprint density at radius 1 is 0.911 bits per heavy atom. The van der Waals surface area contributed by atoms with Crippen LogP contribution in [0.25, 0.3) is 22.2 Å². The number of hydrogen-bond acceptors (Lipinski definition) is 17. The SMILES string of the molecule is [B-]P1(=O)OC[C@H]2O[C@@H](n3cnc4c(=O)[nH]c(N)nc43)[C@@H](OP([B-])(=O)OC[C@H]3O[C@@H](n4ccc5c(N)ncnc54)C(O)[C@H]3O1)C2O. The molecule has 7 rings (SSSR count). The zero-order valence-electron chi connectivity index (χ0n) is 22.8. The number of aliphatic hydroxyl groups excluding tert-OH is 2. The molecule has 4 unspecified atom stereocenters. The standard InChI is InChI=1S/C21H23B2N9O11P2/c22-44(36)38-3-8-11(33)14(20(40-8)32-6-28-10-17(32)29-21(25)30-18(10)35)43-45(23,37)39-4-9-13(42-44)12(34)19(41-9)31-2-1-7-15(24)26-5-27-16(7)31/h1-2,5-6,8-9,11-14,19-20,33-34H,3-4H2,(H2,24,26,27)(H3,25,29,30,35)/q-2/t8-,9-,11?,12?,13+,14+,19-,20-,44?,45?/m1/s1. The molecule has 3 aliphatic heterocycles. The summed E-state index contributed by atoms with van der Waals surface area (Å²) >= 11 is 0. The van der Waals surface area contributed by atoms with Gasteiger partial charge < -0.3 is 78.1 Å². The van der Waals surface area contributed by atoms with Gasteiger partial charge in [0.1, 0.15) is 54.4 Å². The van der Waals surface area contributed by atoms with E-state index in [9.17, 15) is 24.1 Å². The molecule has 10 atom stereocenters. The fourth-order valence-electron chi connectivity index (χ4n) is 5.49. The summed E-state index contributed by atoms with van der Waals surface area (Å²) in [5.74, 6) is -0.0571. The monoisotopic (exact) mass is 661 g/mol. The Bertz CT molecular complexity index is 1940. The zero-order chi connectivity index (χ0) is 31.8. The van der Waals surface area contributed by atoms with E-state index in [1.807, 2.05) is 0 Å². The van der Waals surface area contributed by atoms with Crippen molar-refractivity contribution in [2.45, 2.75) is 49.1 Å². The molecule has 7 N–H and O–H groups in total. The van der Waals surface area contributed by atoms with Crippen LogP contribution in [0.3, 0.4) is 0 Å². The minimum absolute atomic E-state index is 0.0582. The minimum Gasteiger partial charge on any atom is -0.444 e. The molecule has 0 aromatic carbocycles. The van der Waals surface area contributed by atoms with E-state index in [0.29, 0.717) is 11.0 Å². The number of nitrogens with zero attached hydrogens (tertiary/aromatic N) is 6. The molecule has 3 fully saturated rings. The first-order valence-electron chi connectivity index (χ1n) is 13.2. The summed E-state index contributed by atoms with van der Waals surface area (Å²) < 4.78 is 63.2. The van der Waals surface area contributed by atoms with Gasteiger partial charge in [0.25, 0.3) is 5.56 Å². The number of imidazole rings is 1. The molecule has 24 heteroatoms. The lowest BCUT2D eigenvalue weighted by molar-refractivity contribution is -0.0577. The van der Waals surface area contributed by atoms with Crippen molar-refractivity contribution in [1.82, 2.24) is 34.1 Å². The Kier molecular flexibility index (Phi) is 7.44. The van der Waals surface area contributed by atoms with Crippen molar-refractivity contribution in [3.05, 3.63) is 35.3 Å². The third kappa shape index (κ3) is 5.40. The topological polar surface area (TPSA) is 276 Å². The average Bonchev–Trinajstić information content (AvgIpc) is 3.72. The molecule has 7 heterocycles. The van der Waals surface area contributed by atoms with E-state index in [1.54, 1.807) is 6.07 Å². The number of aromatic nitrogens is 7. The van der Waals surface area contributed by atoms with Gasteiger partial charge in [-0.25, -0.2) is 15.0 Å². The Morgan fingerprint density at radius 3 is 2.36 bits per heavy atom. The molecule has 3 saturated heterocycles. The van der Waals surface area contributed by atoms with Gasteiger partial charge in [0.05, 0.1) is 39.9 Å². The first-order valence-corrected chi connectivity index (χ1v) is 16.4. The van der Waals surface area contributed by atoms with Crippen LogP contribution in [0.5, 0.6) is 0 Å². The van der Waals surface area contributed by atoms with E-state index in [-0.39, 0.29) is 22.9 Å². The van der Waals surface area contributed by atoms with Gasteiger partial charge in [-0.15, -0.1) is 0 Å². The Labute approximate surface area is 254 Å². The number of H-pyrrole nitrogens is 1. The highest BCUT2D eigenvalue weighted by atomic mass is 31.2. The van der Waals surface area contributed by atoms with Crippen LogP contribution in [0.4, 0.5) is 11.8 Å². The van der Waals surface area contributed by atoms with E-state index < -0.39 is 82.8 Å². The Hall–Kier alpha value is -3.16. The molecule has 2 bridgehead atoms. The molecule has 6 radical (unpaired) electrons. The lowest BCUT2D eigenvalue weighted by Gasteiger charge is -2.35. The van der Waals surface area contributed by atoms with Gasteiger partial charge in [-0.2, -0.15) is 4.98 Å². The van der Waals surface area contributed by atoms with E-state index in [4.69, 9.17) is 54.2 Å².